The van der Waals surface area contributed by atoms with Crippen LogP contribution < -0.4 is 39.6 Å². The number of nitrogens with one attached hydrogen (secondary N) is 1. The lowest BCUT2D eigenvalue weighted by Gasteiger charge is -2.38. The molecule has 24 nitrogen and oxygen atoms in total. The molecule has 24 heteroatoms. The molecule has 8 N–H and O–H groups in total. The van der Waals surface area contributed by atoms with Gasteiger partial charge in [-0.25, -0.2) is 14.5 Å². The Morgan fingerprint density at radius 2 is 1.43 bits per heavy atom. The van der Waals surface area contributed by atoms with Gasteiger partial charge in [0.15, 0.2) is 35.3 Å². The van der Waals surface area contributed by atoms with Gasteiger partial charge in [0.1, 0.15) is 36.4 Å². The number of carboxylic acids is 1. The molecular weight excluding hydrogens is 1040 g/mol. The topological polar surface area (TPSA) is 320 Å². The molecule has 80 heavy (non-hydrogen) atoms. The maximum atomic E-state index is 14.5. The number of aliphatic hydroxyl groups excluding tert-OH is 4. The Morgan fingerprint density at radius 1 is 0.787 bits per heavy atom. The molecule has 5 aliphatic rings. The van der Waals surface area contributed by atoms with Crippen LogP contribution in [0, 0.1) is 0 Å². The van der Waals surface area contributed by atoms with E-state index in [9.17, 15) is 49.5 Å². The molecule has 0 radical (unpaired) electrons. The lowest BCUT2D eigenvalue weighted by atomic mass is 9.98. The van der Waals surface area contributed by atoms with Gasteiger partial charge in [0.2, 0.25) is 6.29 Å². The maximum Gasteiger partial charge on any atom is 0.416 e. The number of hydrogen-bond acceptors (Lipinski definition) is 19. The van der Waals surface area contributed by atoms with Crippen molar-refractivity contribution < 1.29 is 87.4 Å². The van der Waals surface area contributed by atoms with E-state index in [0.29, 0.717) is 67.2 Å². The molecule has 8 rings (SSSR count). The fraction of sp³-hybridized carbons (Fsp3) is 0.500. The van der Waals surface area contributed by atoms with E-state index in [2.05, 4.69) is 23.5 Å². The van der Waals surface area contributed by atoms with Gasteiger partial charge in [0.25, 0.3) is 17.7 Å². The summed E-state index contributed by atoms with van der Waals surface area (Å²) in [6.45, 7) is 15.6. The summed E-state index contributed by atoms with van der Waals surface area (Å²) in [6, 6.07) is 9.14. The van der Waals surface area contributed by atoms with Crippen molar-refractivity contribution in [3.8, 4) is 28.7 Å². The molecule has 0 aliphatic carbocycles. The number of amides is 4. The summed E-state index contributed by atoms with van der Waals surface area (Å²) in [4.78, 5) is 77.0. The summed E-state index contributed by atoms with van der Waals surface area (Å²) in [5, 5.41) is 56.1. The van der Waals surface area contributed by atoms with Crippen LogP contribution in [-0.2, 0) is 25.6 Å². The van der Waals surface area contributed by atoms with E-state index in [1.165, 1.54) is 49.5 Å². The first-order valence-electron chi connectivity index (χ1n) is 26.2. The van der Waals surface area contributed by atoms with E-state index in [1.807, 2.05) is 0 Å². The van der Waals surface area contributed by atoms with Crippen LogP contribution in [0.2, 0.25) is 0 Å². The van der Waals surface area contributed by atoms with Crippen LogP contribution in [-0.4, -0.2) is 179 Å². The number of unbranched alkanes of at least 4 members (excludes halogenated alkanes) is 2. The summed E-state index contributed by atoms with van der Waals surface area (Å²) < 4.78 is 46.3. The van der Waals surface area contributed by atoms with Crippen molar-refractivity contribution in [2.24, 2.45) is 10.7 Å². The molecule has 0 bridgehead atoms. The Bertz CT molecular complexity index is 2920. The molecule has 3 saturated heterocycles. The lowest BCUT2D eigenvalue weighted by Crippen LogP contribution is -2.61. The fourth-order valence-electron chi connectivity index (χ4n) is 9.98. The first kappa shape index (κ1) is 58.8. The van der Waals surface area contributed by atoms with Crippen LogP contribution in [0.5, 0.6) is 28.7 Å². The summed E-state index contributed by atoms with van der Waals surface area (Å²) in [5.74, 6) is -2.09. The largest absolute Gasteiger partial charge is 0.493 e. The minimum absolute atomic E-state index is 0.00694. The SMILES string of the molecule is C=C1C[C@H]2C=Nc3cc(OCCCCCOc4cc5c(cc4OC)C(=O)N4CC(=C)C[C@H]4C(O)N5C(=O)OCc4ccc(O[C@@H]5O[C@H](C(=O)O)[C@@H](O)[C@H](O)[C@H]5O)c(C(=O)NC(C)(C)CCOC(C)(C)N)c4)c(OC)cc3C(=O)N2C1. The molecule has 5 heterocycles. The molecular formula is C56H70N6O18. The number of nitrogens with two attached hydrogens (primary N) is 1. The zero-order valence-corrected chi connectivity index (χ0v) is 45.5. The Kier molecular flexibility index (Phi) is 17.8. The average molecular weight is 1120 g/mol. The highest BCUT2D eigenvalue weighted by Gasteiger charge is 2.49. The number of ether oxygens (including phenoxy) is 8. The first-order chi connectivity index (χ1) is 37.9. The predicted octanol–water partition coefficient (Wildman–Crippen LogP) is 3.95. The second-order valence-electron chi connectivity index (χ2n) is 21.5. The first-order valence-corrected chi connectivity index (χ1v) is 26.2. The van der Waals surface area contributed by atoms with Gasteiger partial charge in [-0.3, -0.25) is 19.4 Å². The van der Waals surface area contributed by atoms with E-state index in [-0.39, 0.29) is 84.2 Å². The van der Waals surface area contributed by atoms with Crippen molar-refractivity contribution in [3.05, 3.63) is 89.0 Å². The summed E-state index contributed by atoms with van der Waals surface area (Å²) in [7, 11) is 2.91. The molecule has 0 saturated carbocycles. The van der Waals surface area contributed by atoms with Gasteiger partial charge < -0.3 is 84.3 Å². The summed E-state index contributed by atoms with van der Waals surface area (Å²) in [5.41, 5.74) is 6.60. The highest BCUT2D eigenvalue weighted by Crippen LogP contribution is 2.43. The third-order valence-corrected chi connectivity index (χ3v) is 14.2. The summed E-state index contributed by atoms with van der Waals surface area (Å²) in [6.07, 6.45) is -7.89. The fourth-order valence-corrected chi connectivity index (χ4v) is 9.98. The number of nitrogens with zero attached hydrogens (tertiary/aromatic N) is 4. The number of aliphatic hydroxyl groups is 4. The number of hydrogen-bond donors (Lipinski definition) is 7. The van der Waals surface area contributed by atoms with Crippen molar-refractivity contribution in [2.45, 2.75) is 133 Å². The Labute approximate surface area is 462 Å². The molecule has 4 amide bonds. The summed E-state index contributed by atoms with van der Waals surface area (Å²) >= 11 is 0. The number of carboxylic acid groups (broad SMARTS) is 1. The zero-order valence-electron chi connectivity index (χ0n) is 45.5. The molecule has 0 spiro atoms. The third kappa shape index (κ3) is 13.0. The monoisotopic (exact) mass is 1110 g/mol. The van der Waals surface area contributed by atoms with E-state index in [4.69, 9.17) is 43.6 Å². The highest BCUT2D eigenvalue weighted by molar-refractivity contribution is 6.06. The van der Waals surface area contributed by atoms with Gasteiger partial charge >= 0.3 is 12.1 Å². The second-order valence-corrected chi connectivity index (χ2v) is 21.5. The van der Waals surface area contributed by atoms with Crippen molar-refractivity contribution in [2.75, 3.05) is 52.0 Å². The number of aliphatic imine (C=N–C) groups is 1. The number of rotatable bonds is 21. The molecule has 0 aromatic heterocycles. The zero-order chi connectivity index (χ0) is 58.0. The van der Waals surface area contributed by atoms with E-state index < -0.39 is 84.7 Å². The van der Waals surface area contributed by atoms with Gasteiger partial charge in [-0.15, -0.1) is 0 Å². The van der Waals surface area contributed by atoms with Gasteiger partial charge in [0.05, 0.1) is 74.2 Å². The van der Waals surface area contributed by atoms with Crippen molar-refractivity contribution in [1.29, 1.82) is 0 Å². The van der Waals surface area contributed by atoms with E-state index >= 15 is 0 Å². The molecule has 3 aromatic rings. The number of methoxy groups -OCH3 is 2. The Hall–Kier alpha value is -7.32. The van der Waals surface area contributed by atoms with E-state index in [0.717, 1.165) is 10.5 Å². The minimum Gasteiger partial charge on any atom is -0.493 e. The van der Waals surface area contributed by atoms with Crippen molar-refractivity contribution in [3.63, 3.8) is 0 Å². The molecule has 3 fully saturated rings. The predicted molar refractivity (Wildman–Crippen MR) is 287 cm³/mol. The van der Waals surface area contributed by atoms with Crippen molar-refractivity contribution in [1.82, 2.24) is 15.1 Å². The third-order valence-electron chi connectivity index (χ3n) is 14.2. The standard InChI is InChI=1S/C56H70N6O18/c1-29-18-32-25-58-36-23-42(40(73-7)21-33(36)49(67)60(32)26-29)75-15-10-9-11-16-76-43-24-37-34(22-41(43)74-8)50(68)61-27-30(2)19-38(61)51(69)62(37)54(72)77-28-31-12-13-39(79-53-46(65)44(63)45(64)47(80-53)52(70)71)35(20-31)48(66)59-55(3,4)14-17-78-56(5,6)57/h12-13,20-25,32,38,44-47,51,53,63-65,69H,1-2,9-11,14-19,26-28,57H2,3-8H3,(H,59,66)(H,70,71)/t32-,38-,44-,45-,46+,47-,51?,53+/m0/s1. The lowest BCUT2D eigenvalue weighted by molar-refractivity contribution is -0.271. The average Bonchev–Trinajstić information content (AvgIpc) is 4.13. The molecule has 5 aliphatic heterocycles. The highest BCUT2D eigenvalue weighted by atomic mass is 16.7. The molecule has 1 unspecified atom stereocenters. The van der Waals surface area contributed by atoms with Gasteiger partial charge in [-0.2, -0.15) is 0 Å². The number of carbonyl (C=O) groups excluding carboxylic acids is 4. The maximum absolute atomic E-state index is 14.5. The van der Waals surface area contributed by atoms with Crippen LogP contribution >= 0.6 is 0 Å². The number of benzene rings is 3. The number of aliphatic carboxylic acids is 1. The van der Waals surface area contributed by atoms with Gasteiger partial charge in [-0.1, -0.05) is 30.4 Å². The quantitative estimate of drug-likeness (QED) is 0.0451. The number of carbonyl (C=O) groups is 5. The smallest absolute Gasteiger partial charge is 0.416 e. The number of anilines is 1. The van der Waals surface area contributed by atoms with Crippen molar-refractivity contribution >= 4 is 47.4 Å². The Morgan fingerprint density at radius 3 is 2.09 bits per heavy atom. The molecule has 8 atom stereocenters. The second kappa shape index (κ2) is 24.2. The molecule has 432 valence electrons. The van der Waals surface area contributed by atoms with Gasteiger partial charge in [-0.05, 0) is 96.0 Å². The van der Waals surface area contributed by atoms with Crippen LogP contribution in [0.15, 0.2) is 71.8 Å². The normalized spacial score (nSPS) is 23.6. The molecule has 3 aromatic carbocycles. The van der Waals surface area contributed by atoms with Crippen LogP contribution in [0.4, 0.5) is 16.2 Å². The number of fused-ring (bicyclic) bond motifs is 4. The van der Waals surface area contributed by atoms with Crippen LogP contribution in [0.1, 0.15) is 103 Å². The van der Waals surface area contributed by atoms with E-state index in [1.54, 1.807) is 50.9 Å². The van der Waals surface area contributed by atoms with Gasteiger partial charge in [0, 0.05) is 37.0 Å². The van der Waals surface area contributed by atoms with Crippen LogP contribution in [0.3, 0.4) is 0 Å². The van der Waals surface area contributed by atoms with Crippen LogP contribution in [0.25, 0.3) is 0 Å². The minimum atomic E-state index is -2.01. The Balaban J connectivity index is 0.975.